The minimum Gasteiger partial charge on any atom is -0.304 e. The summed E-state index contributed by atoms with van der Waals surface area (Å²) in [7, 11) is 0. The number of ketones is 1. The van der Waals surface area contributed by atoms with Crippen LogP contribution in [0.1, 0.15) is 61.0 Å². The van der Waals surface area contributed by atoms with Gasteiger partial charge in [0, 0.05) is 11.6 Å². The molecule has 1 aliphatic carbocycles. The predicted octanol–water partition coefficient (Wildman–Crippen LogP) is 4.04. The normalized spacial score (nSPS) is 24.4. The Morgan fingerprint density at radius 3 is 2.60 bits per heavy atom. The fourth-order valence-electron chi connectivity index (χ4n) is 3.28. The molecule has 2 heteroatoms. The Hall–Kier alpha value is -1.15. The van der Waals surface area contributed by atoms with Gasteiger partial charge in [-0.25, -0.2) is 0 Å². The minimum absolute atomic E-state index is 0.0954. The maximum Gasteiger partial charge on any atom is 0.179 e. The highest BCUT2D eigenvalue weighted by Gasteiger charge is 2.25. The van der Waals surface area contributed by atoms with Crippen LogP contribution in [0.4, 0.5) is 0 Å². The molecule has 0 radical (unpaired) electrons. The van der Waals surface area contributed by atoms with Crippen LogP contribution >= 0.6 is 0 Å². The Morgan fingerprint density at radius 2 is 1.95 bits per heavy atom. The molecule has 0 aliphatic heterocycles. The first-order valence-electron chi connectivity index (χ1n) is 7.86. The van der Waals surface area contributed by atoms with Crippen molar-refractivity contribution >= 4 is 5.78 Å². The van der Waals surface area contributed by atoms with Gasteiger partial charge in [0.05, 0.1) is 6.04 Å². The Morgan fingerprint density at radius 1 is 1.25 bits per heavy atom. The largest absolute Gasteiger partial charge is 0.304 e. The first kappa shape index (κ1) is 15.2. The molecule has 1 aromatic carbocycles. The van der Waals surface area contributed by atoms with Crippen LogP contribution in [0.2, 0.25) is 0 Å². The van der Waals surface area contributed by atoms with Crippen molar-refractivity contribution in [2.45, 2.75) is 65.5 Å². The summed E-state index contributed by atoms with van der Waals surface area (Å²) in [4.78, 5) is 12.6. The number of nitrogens with one attached hydrogen (secondary N) is 1. The van der Waals surface area contributed by atoms with Crippen LogP contribution in [-0.2, 0) is 0 Å². The number of hydrogen-bond donors (Lipinski definition) is 1. The molecule has 0 saturated heterocycles. The van der Waals surface area contributed by atoms with E-state index in [-0.39, 0.29) is 11.8 Å². The third kappa shape index (κ3) is 3.49. The second-order valence-corrected chi connectivity index (χ2v) is 6.44. The first-order valence-corrected chi connectivity index (χ1v) is 7.86. The number of rotatable bonds is 4. The van der Waals surface area contributed by atoms with Crippen LogP contribution in [0.15, 0.2) is 18.2 Å². The molecular weight excluding hydrogens is 246 g/mol. The number of hydrogen-bond acceptors (Lipinski definition) is 2. The molecule has 1 aliphatic rings. The van der Waals surface area contributed by atoms with Crippen molar-refractivity contribution in [3.05, 3.63) is 34.9 Å². The SMILES string of the molecule is Cc1ccc(C(=O)C(C)NC2CCCCC2C)c(C)c1. The number of carbonyl (C=O) groups is 1. The van der Waals surface area contributed by atoms with E-state index in [0.717, 1.165) is 11.1 Å². The fourth-order valence-corrected chi connectivity index (χ4v) is 3.28. The van der Waals surface area contributed by atoms with E-state index in [4.69, 9.17) is 0 Å². The molecule has 2 rings (SSSR count). The third-order valence-electron chi connectivity index (χ3n) is 4.62. The predicted molar refractivity (Wildman–Crippen MR) is 84.3 cm³/mol. The molecule has 0 aromatic heterocycles. The van der Waals surface area contributed by atoms with Gasteiger partial charge in [0.2, 0.25) is 0 Å². The summed E-state index contributed by atoms with van der Waals surface area (Å²) in [6.45, 7) is 8.39. The zero-order chi connectivity index (χ0) is 14.7. The maximum absolute atomic E-state index is 12.6. The molecule has 2 nitrogen and oxygen atoms in total. The number of aryl methyl sites for hydroxylation is 2. The van der Waals surface area contributed by atoms with Crippen LogP contribution in [0.3, 0.4) is 0 Å². The van der Waals surface area contributed by atoms with Gasteiger partial charge >= 0.3 is 0 Å². The van der Waals surface area contributed by atoms with E-state index in [9.17, 15) is 4.79 Å². The average molecular weight is 273 g/mol. The van der Waals surface area contributed by atoms with Gasteiger partial charge in [-0.3, -0.25) is 4.79 Å². The first-order chi connectivity index (χ1) is 9.49. The van der Waals surface area contributed by atoms with E-state index in [1.54, 1.807) is 0 Å². The number of Topliss-reactive ketones (excluding diaryl/α,β-unsaturated/α-hetero) is 1. The molecule has 1 N–H and O–H groups in total. The quantitative estimate of drug-likeness (QED) is 0.839. The highest BCUT2D eigenvalue weighted by atomic mass is 16.1. The minimum atomic E-state index is -0.0954. The van der Waals surface area contributed by atoms with E-state index < -0.39 is 0 Å². The number of carbonyl (C=O) groups excluding carboxylic acids is 1. The topological polar surface area (TPSA) is 29.1 Å². The lowest BCUT2D eigenvalue weighted by atomic mass is 9.85. The van der Waals surface area contributed by atoms with E-state index in [1.165, 1.54) is 31.2 Å². The average Bonchev–Trinajstić information content (AvgIpc) is 2.40. The Labute approximate surface area is 123 Å². The van der Waals surface area contributed by atoms with Gasteiger partial charge in [0.25, 0.3) is 0 Å². The summed E-state index contributed by atoms with van der Waals surface area (Å²) in [6.07, 6.45) is 5.10. The monoisotopic (exact) mass is 273 g/mol. The molecule has 0 spiro atoms. The molecule has 110 valence electrons. The maximum atomic E-state index is 12.6. The van der Waals surface area contributed by atoms with Gasteiger partial charge in [-0.15, -0.1) is 0 Å². The van der Waals surface area contributed by atoms with Crippen molar-refractivity contribution in [2.75, 3.05) is 0 Å². The van der Waals surface area contributed by atoms with Gasteiger partial charge in [0.15, 0.2) is 5.78 Å². The van der Waals surface area contributed by atoms with Crippen LogP contribution in [0, 0.1) is 19.8 Å². The van der Waals surface area contributed by atoms with Crippen molar-refractivity contribution in [2.24, 2.45) is 5.92 Å². The molecule has 3 unspecified atom stereocenters. The summed E-state index contributed by atoms with van der Waals surface area (Å²) in [5.74, 6) is 0.901. The lowest BCUT2D eigenvalue weighted by Gasteiger charge is -2.32. The molecule has 3 atom stereocenters. The van der Waals surface area contributed by atoms with Crippen LogP contribution in [0.5, 0.6) is 0 Å². The van der Waals surface area contributed by atoms with E-state index >= 15 is 0 Å². The molecule has 1 fully saturated rings. The van der Waals surface area contributed by atoms with Gasteiger partial charge < -0.3 is 5.32 Å². The van der Waals surface area contributed by atoms with E-state index in [0.29, 0.717) is 12.0 Å². The van der Waals surface area contributed by atoms with Crippen molar-refractivity contribution in [3.63, 3.8) is 0 Å². The molecule has 1 aromatic rings. The van der Waals surface area contributed by atoms with Crippen LogP contribution in [-0.4, -0.2) is 17.9 Å². The van der Waals surface area contributed by atoms with Gasteiger partial charge in [-0.05, 0) is 45.1 Å². The molecule has 0 bridgehead atoms. The van der Waals surface area contributed by atoms with Crippen molar-refractivity contribution in [1.82, 2.24) is 5.32 Å². The summed E-state index contributed by atoms with van der Waals surface area (Å²) in [6, 6.07) is 6.48. The van der Waals surface area contributed by atoms with Crippen molar-refractivity contribution < 1.29 is 4.79 Å². The molecular formula is C18H27NO. The van der Waals surface area contributed by atoms with Crippen molar-refractivity contribution in [3.8, 4) is 0 Å². The Bertz CT molecular complexity index is 480. The molecule has 0 amide bonds. The summed E-state index contributed by atoms with van der Waals surface area (Å²) in [5, 5.41) is 3.56. The summed E-state index contributed by atoms with van der Waals surface area (Å²) >= 11 is 0. The fraction of sp³-hybridized carbons (Fsp3) is 0.611. The number of benzene rings is 1. The Kier molecular flexibility index (Phi) is 4.98. The van der Waals surface area contributed by atoms with Gasteiger partial charge in [-0.1, -0.05) is 43.5 Å². The van der Waals surface area contributed by atoms with Crippen LogP contribution in [0.25, 0.3) is 0 Å². The summed E-state index contributed by atoms with van der Waals surface area (Å²) < 4.78 is 0. The standard InChI is InChI=1S/C18H27NO/c1-12-9-10-16(14(3)11-12)18(20)15(4)19-17-8-6-5-7-13(17)2/h9-11,13,15,17,19H,5-8H2,1-4H3. The second kappa shape index (κ2) is 6.53. The van der Waals surface area contributed by atoms with E-state index in [1.807, 2.05) is 26.0 Å². The lowest BCUT2D eigenvalue weighted by molar-refractivity contribution is 0.0932. The lowest BCUT2D eigenvalue weighted by Crippen LogP contribution is -2.45. The molecule has 0 heterocycles. The Balaban J connectivity index is 2.04. The second-order valence-electron chi connectivity index (χ2n) is 6.44. The third-order valence-corrected chi connectivity index (χ3v) is 4.62. The van der Waals surface area contributed by atoms with E-state index in [2.05, 4.69) is 25.2 Å². The zero-order valence-corrected chi connectivity index (χ0v) is 13.2. The summed E-state index contributed by atoms with van der Waals surface area (Å²) in [5.41, 5.74) is 3.15. The zero-order valence-electron chi connectivity index (χ0n) is 13.2. The van der Waals surface area contributed by atoms with Crippen LogP contribution < -0.4 is 5.32 Å². The molecule has 20 heavy (non-hydrogen) atoms. The van der Waals surface area contributed by atoms with Gasteiger partial charge in [0.1, 0.15) is 0 Å². The van der Waals surface area contributed by atoms with Gasteiger partial charge in [-0.2, -0.15) is 0 Å². The smallest absolute Gasteiger partial charge is 0.179 e. The molecule has 1 saturated carbocycles. The highest BCUT2D eigenvalue weighted by Crippen LogP contribution is 2.24. The van der Waals surface area contributed by atoms with Crippen molar-refractivity contribution in [1.29, 1.82) is 0 Å². The highest BCUT2D eigenvalue weighted by molar-refractivity contribution is 6.01.